The smallest absolute Gasteiger partial charge is 0.255 e. The van der Waals surface area contributed by atoms with Crippen LogP contribution in [0.4, 0.5) is 10.1 Å². The molecular formula is C15H14FNO4. The zero-order valence-electron chi connectivity index (χ0n) is 11.5. The minimum absolute atomic E-state index is 0.0328. The van der Waals surface area contributed by atoms with Crippen molar-refractivity contribution in [1.82, 2.24) is 0 Å². The number of benzene rings is 2. The largest absolute Gasteiger partial charge is 0.504 e. The van der Waals surface area contributed by atoms with E-state index in [1.807, 2.05) is 0 Å². The second kappa shape index (κ2) is 6.13. The van der Waals surface area contributed by atoms with Crippen molar-refractivity contribution in [2.24, 2.45) is 0 Å². The molecule has 0 aliphatic carbocycles. The number of anilines is 1. The minimum atomic E-state index is -0.516. The van der Waals surface area contributed by atoms with Gasteiger partial charge in [-0.25, -0.2) is 4.39 Å². The van der Waals surface area contributed by atoms with Crippen LogP contribution >= 0.6 is 0 Å². The number of hydrogen-bond donors (Lipinski definition) is 2. The number of nitrogens with one attached hydrogen (secondary N) is 1. The predicted molar refractivity (Wildman–Crippen MR) is 75.6 cm³/mol. The van der Waals surface area contributed by atoms with Gasteiger partial charge in [0.25, 0.3) is 5.91 Å². The average Bonchev–Trinajstić information content (AvgIpc) is 2.49. The molecule has 6 heteroatoms. The van der Waals surface area contributed by atoms with E-state index in [0.29, 0.717) is 5.69 Å². The number of carbonyl (C=O) groups is 1. The summed E-state index contributed by atoms with van der Waals surface area (Å²) < 4.78 is 23.0. The van der Waals surface area contributed by atoms with Crippen molar-refractivity contribution in [3.05, 3.63) is 47.8 Å². The summed E-state index contributed by atoms with van der Waals surface area (Å²) >= 11 is 0. The highest BCUT2D eigenvalue weighted by Crippen LogP contribution is 2.27. The maximum Gasteiger partial charge on any atom is 0.255 e. The third-order valence-electron chi connectivity index (χ3n) is 2.85. The van der Waals surface area contributed by atoms with Crippen molar-refractivity contribution in [3.8, 4) is 17.2 Å². The van der Waals surface area contributed by atoms with Gasteiger partial charge in [0.05, 0.1) is 14.2 Å². The standard InChI is InChI=1S/C15H14FNO4/c1-20-13-6-3-9(7-12(13)18)15(19)17-10-4-5-11(16)14(8-10)21-2/h3-8,18H,1-2H3,(H,17,19). The van der Waals surface area contributed by atoms with Gasteiger partial charge in [-0.05, 0) is 30.3 Å². The molecule has 2 N–H and O–H groups in total. The van der Waals surface area contributed by atoms with Crippen molar-refractivity contribution in [1.29, 1.82) is 0 Å². The van der Waals surface area contributed by atoms with Gasteiger partial charge in [0.15, 0.2) is 23.1 Å². The zero-order chi connectivity index (χ0) is 15.4. The van der Waals surface area contributed by atoms with E-state index in [1.165, 1.54) is 50.6 Å². The van der Waals surface area contributed by atoms with Gasteiger partial charge < -0.3 is 19.9 Å². The molecule has 0 aliphatic rings. The van der Waals surface area contributed by atoms with Crippen molar-refractivity contribution < 1.29 is 23.8 Å². The van der Waals surface area contributed by atoms with E-state index in [2.05, 4.69) is 5.32 Å². The SMILES string of the molecule is COc1ccc(C(=O)Nc2ccc(F)c(OC)c2)cc1O. The summed E-state index contributed by atoms with van der Waals surface area (Å²) in [6.45, 7) is 0. The molecule has 0 aliphatic heterocycles. The molecule has 2 aromatic rings. The fraction of sp³-hybridized carbons (Fsp3) is 0.133. The Morgan fingerprint density at radius 2 is 1.81 bits per heavy atom. The van der Waals surface area contributed by atoms with Crippen LogP contribution < -0.4 is 14.8 Å². The number of hydrogen-bond acceptors (Lipinski definition) is 4. The molecule has 0 spiro atoms. The first-order valence-corrected chi connectivity index (χ1v) is 6.07. The second-order valence-corrected chi connectivity index (χ2v) is 4.19. The number of ether oxygens (including phenoxy) is 2. The normalized spacial score (nSPS) is 10.0. The van der Waals surface area contributed by atoms with Crippen molar-refractivity contribution >= 4 is 11.6 Å². The van der Waals surface area contributed by atoms with Gasteiger partial charge in [-0.2, -0.15) is 0 Å². The lowest BCUT2D eigenvalue weighted by molar-refractivity contribution is 0.102. The molecule has 2 rings (SSSR count). The number of rotatable bonds is 4. The van der Waals surface area contributed by atoms with Crippen LogP contribution in [-0.2, 0) is 0 Å². The number of amides is 1. The van der Waals surface area contributed by atoms with Gasteiger partial charge in [0.2, 0.25) is 0 Å². The molecule has 0 aromatic heterocycles. The third-order valence-corrected chi connectivity index (χ3v) is 2.85. The summed E-state index contributed by atoms with van der Waals surface area (Å²) in [4.78, 5) is 12.1. The van der Waals surface area contributed by atoms with Crippen LogP contribution in [0.25, 0.3) is 0 Å². The van der Waals surface area contributed by atoms with Crippen LogP contribution in [0.15, 0.2) is 36.4 Å². The first-order valence-electron chi connectivity index (χ1n) is 6.07. The number of methoxy groups -OCH3 is 2. The summed E-state index contributed by atoms with van der Waals surface area (Å²) in [6.07, 6.45) is 0. The van der Waals surface area contributed by atoms with Crippen LogP contribution in [0.2, 0.25) is 0 Å². The van der Waals surface area contributed by atoms with Crippen LogP contribution in [0.1, 0.15) is 10.4 Å². The Balaban J connectivity index is 2.19. The molecule has 1 amide bonds. The predicted octanol–water partition coefficient (Wildman–Crippen LogP) is 2.80. The van der Waals surface area contributed by atoms with E-state index < -0.39 is 11.7 Å². The molecule has 0 saturated carbocycles. The highest BCUT2D eigenvalue weighted by molar-refractivity contribution is 6.04. The summed E-state index contributed by atoms with van der Waals surface area (Å²) in [6, 6.07) is 8.26. The topological polar surface area (TPSA) is 67.8 Å². The van der Waals surface area contributed by atoms with Gasteiger partial charge in [-0.3, -0.25) is 4.79 Å². The molecule has 0 unspecified atom stereocenters. The number of carbonyl (C=O) groups excluding carboxylic acids is 1. The Bertz CT molecular complexity index is 673. The van der Waals surface area contributed by atoms with Crippen LogP contribution in [0, 0.1) is 5.82 Å². The van der Waals surface area contributed by atoms with Crippen molar-refractivity contribution in [2.75, 3.05) is 19.5 Å². The van der Waals surface area contributed by atoms with E-state index in [-0.39, 0.29) is 22.8 Å². The van der Waals surface area contributed by atoms with Crippen molar-refractivity contribution in [2.45, 2.75) is 0 Å². The first kappa shape index (κ1) is 14.6. The maximum atomic E-state index is 13.3. The van der Waals surface area contributed by atoms with Crippen LogP contribution in [0.3, 0.4) is 0 Å². The second-order valence-electron chi connectivity index (χ2n) is 4.19. The Labute approximate surface area is 120 Å². The van der Waals surface area contributed by atoms with Gasteiger partial charge in [0.1, 0.15) is 0 Å². The fourth-order valence-electron chi connectivity index (χ4n) is 1.77. The zero-order valence-corrected chi connectivity index (χ0v) is 11.5. The lowest BCUT2D eigenvalue weighted by Crippen LogP contribution is -2.12. The van der Waals surface area contributed by atoms with E-state index in [9.17, 15) is 14.3 Å². The molecule has 0 heterocycles. The lowest BCUT2D eigenvalue weighted by atomic mass is 10.2. The molecule has 110 valence electrons. The summed E-state index contributed by atoms with van der Waals surface area (Å²) in [5, 5.41) is 12.2. The first-order chi connectivity index (χ1) is 10.0. The van der Waals surface area contributed by atoms with Gasteiger partial charge >= 0.3 is 0 Å². The molecule has 2 aromatic carbocycles. The number of phenols is 1. The Kier molecular flexibility index (Phi) is 4.27. The summed E-state index contributed by atoms with van der Waals surface area (Å²) in [5.74, 6) is -0.790. The Morgan fingerprint density at radius 3 is 2.43 bits per heavy atom. The summed E-state index contributed by atoms with van der Waals surface area (Å²) in [5.41, 5.74) is 0.630. The average molecular weight is 291 g/mol. The van der Waals surface area contributed by atoms with Crippen molar-refractivity contribution in [3.63, 3.8) is 0 Å². The molecule has 0 radical (unpaired) electrons. The molecule has 0 saturated heterocycles. The Hall–Kier alpha value is -2.76. The van der Waals surface area contributed by atoms with Crippen LogP contribution in [-0.4, -0.2) is 25.2 Å². The number of aromatic hydroxyl groups is 1. The number of halogens is 1. The molecule has 21 heavy (non-hydrogen) atoms. The maximum absolute atomic E-state index is 13.3. The quantitative estimate of drug-likeness (QED) is 0.909. The van der Waals surface area contributed by atoms with E-state index in [4.69, 9.17) is 9.47 Å². The minimum Gasteiger partial charge on any atom is -0.504 e. The third kappa shape index (κ3) is 3.22. The van der Waals surface area contributed by atoms with E-state index in [1.54, 1.807) is 0 Å². The number of phenolic OH excluding ortho intramolecular Hbond substituents is 1. The highest BCUT2D eigenvalue weighted by Gasteiger charge is 2.11. The van der Waals surface area contributed by atoms with E-state index >= 15 is 0 Å². The van der Waals surface area contributed by atoms with Gasteiger partial charge in [-0.15, -0.1) is 0 Å². The highest BCUT2D eigenvalue weighted by atomic mass is 19.1. The van der Waals surface area contributed by atoms with Gasteiger partial charge in [-0.1, -0.05) is 0 Å². The molecule has 0 bridgehead atoms. The van der Waals surface area contributed by atoms with Gasteiger partial charge in [0, 0.05) is 17.3 Å². The Morgan fingerprint density at radius 1 is 1.10 bits per heavy atom. The van der Waals surface area contributed by atoms with E-state index in [0.717, 1.165) is 0 Å². The van der Waals surface area contributed by atoms with Crippen LogP contribution in [0.5, 0.6) is 17.2 Å². The summed E-state index contributed by atoms with van der Waals surface area (Å²) in [7, 11) is 2.76. The molecule has 0 fully saturated rings. The fourth-order valence-corrected chi connectivity index (χ4v) is 1.77. The molecule has 0 atom stereocenters. The lowest BCUT2D eigenvalue weighted by Gasteiger charge is -2.09. The molecular weight excluding hydrogens is 277 g/mol. The molecule has 5 nitrogen and oxygen atoms in total. The monoisotopic (exact) mass is 291 g/mol.